The monoisotopic (exact) mass is 158 g/mol. The van der Waals surface area contributed by atoms with Crippen LogP contribution in [-0.4, -0.2) is 14.6 Å². The Bertz CT molecular complexity index is 106. The van der Waals surface area contributed by atoms with Gasteiger partial charge in [-0.15, -0.1) is 0 Å². The number of hydrogen-bond donors (Lipinski definition) is 0. The SMILES string of the molecule is C[SiH](C)OC1(C)CCCC1. The van der Waals surface area contributed by atoms with Gasteiger partial charge in [0.15, 0.2) is 9.04 Å². The van der Waals surface area contributed by atoms with Crippen molar-refractivity contribution in [2.75, 3.05) is 0 Å². The fourth-order valence-corrected chi connectivity index (χ4v) is 3.18. The molecule has 0 aromatic heterocycles. The third kappa shape index (κ3) is 2.10. The highest BCUT2D eigenvalue weighted by atomic mass is 28.3. The van der Waals surface area contributed by atoms with Crippen molar-refractivity contribution in [2.45, 2.75) is 51.3 Å². The molecule has 0 radical (unpaired) electrons. The molecule has 60 valence electrons. The van der Waals surface area contributed by atoms with Crippen LogP contribution in [0.25, 0.3) is 0 Å². The van der Waals surface area contributed by atoms with Gasteiger partial charge >= 0.3 is 0 Å². The highest BCUT2D eigenvalue weighted by molar-refractivity contribution is 6.48. The molecule has 0 bridgehead atoms. The normalized spacial score (nSPS) is 24.0. The van der Waals surface area contributed by atoms with Crippen LogP contribution < -0.4 is 0 Å². The van der Waals surface area contributed by atoms with Crippen molar-refractivity contribution >= 4 is 9.04 Å². The molecule has 0 aromatic rings. The van der Waals surface area contributed by atoms with Crippen LogP contribution in [0, 0.1) is 0 Å². The summed E-state index contributed by atoms with van der Waals surface area (Å²) >= 11 is 0. The summed E-state index contributed by atoms with van der Waals surface area (Å²) in [5.41, 5.74) is 0.278. The maximum absolute atomic E-state index is 5.94. The van der Waals surface area contributed by atoms with E-state index in [1.54, 1.807) is 0 Å². The van der Waals surface area contributed by atoms with Crippen LogP contribution in [0.2, 0.25) is 13.1 Å². The second-order valence-corrected chi connectivity index (χ2v) is 6.16. The van der Waals surface area contributed by atoms with Gasteiger partial charge in [0.1, 0.15) is 0 Å². The Balaban J connectivity index is 2.36. The van der Waals surface area contributed by atoms with Crippen LogP contribution in [0.3, 0.4) is 0 Å². The molecule has 1 fully saturated rings. The van der Waals surface area contributed by atoms with E-state index < -0.39 is 9.04 Å². The van der Waals surface area contributed by atoms with Gasteiger partial charge in [0, 0.05) is 0 Å². The first kappa shape index (κ1) is 8.28. The van der Waals surface area contributed by atoms with Crippen LogP contribution >= 0.6 is 0 Å². The molecule has 1 saturated carbocycles. The Morgan fingerprint density at radius 2 is 1.70 bits per heavy atom. The molecular weight excluding hydrogens is 140 g/mol. The van der Waals surface area contributed by atoms with Gasteiger partial charge in [-0.1, -0.05) is 12.8 Å². The lowest BCUT2D eigenvalue weighted by Crippen LogP contribution is -2.29. The average molecular weight is 158 g/mol. The minimum atomic E-state index is -0.791. The van der Waals surface area contributed by atoms with Crippen LogP contribution in [0.4, 0.5) is 0 Å². The summed E-state index contributed by atoms with van der Waals surface area (Å²) in [5.74, 6) is 0. The van der Waals surface area contributed by atoms with Crippen molar-refractivity contribution < 1.29 is 4.43 Å². The van der Waals surface area contributed by atoms with E-state index in [1.807, 2.05) is 0 Å². The van der Waals surface area contributed by atoms with Crippen LogP contribution in [0.5, 0.6) is 0 Å². The molecule has 0 amide bonds. The Hall–Kier alpha value is 0.177. The first-order valence-electron chi connectivity index (χ1n) is 4.30. The molecule has 10 heavy (non-hydrogen) atoms. The molecule has 1 nitrogen and oxygen atoms in total. The Kier molecular flexibility index (Phi) is 2.53. The zero-order valence-electron chi connectivity index (χ0n) is 7.31. The Labute approximate surface area is 65.5 Å². The van der Waals surface area contributed by atoms with E-state index in [1.165, 1.54) is 25.7 Å². The third-order valence-corrected chi connectivity index (χ3v) is 3.22. The first-order chi connectivity index (χ1) is 4.62. The summed E-state index contributed by atoms with van der Waals surface area (Å²) in [4.78, 5) is 0. The van der Waals surface area contributed by atoms with Gasteiger partial charge in [-0.25, -0.2) is 0 Å². The first-order valence-corrected chi connectivity index (χ1v) is 7.08. The fraction of sp³-hybridized carbons (Fsp3) is 1.00. The molecule has 1 rings (SSSR count). The van der Waals surface area contributed by atoms with Crippen molar-refractivity contribution in [3.8, 4) is 0 Å². The summed E-state index contributed by atoms with van der Waals surface area (Å²) < 4.78 is 5.94. The summed E-state index contributed by atoms with van der Waals surface area (Å²) in [6.45, 7) is 6.78. The molecule has 1 aliphatic rings. The topological polar surface area (TPSA) is 9.23 Å². The highest BCUT2D eigenvalue weighted by Crippen LogP contribution is 2.32. The minimum absolute atomic E-state index is 0.278. The van der Waals surface area contributed by atoms with Crippen molar-refractivity contribution in [3.05, 3.63) is 0 Å². The van der Waals surface area contributed by atoms with E-state index in [0.29, 0.717) is 0 Å². The lowest BCUT2D eigenvalue weighted by atomic mass is 10.1. The van der Waals surface area contributed by atoms with Gasteiger partial charge < -0.3 is 4.43 Å². The largest absolute Gasteiger partial charge is 0.415 e. The van der Waals surface area contributed by atoms with E-state index in [-0.39, 0.29) is 5.60 Å². The Morgan fingerprint density at radius 1 is 1.20 bits per heavy atom. The molecule has 0 unspecified atom stereocenters. The molecular formula is C8H18OSi. The smallest absolute Gasteiger partial charge is 0.171 e. The summed E-state index contributed by atoms with van der Waals surface area (Å²) in [5, 5.41) is 0. The van der Waals surface area contributed by atoms with Crippen LogP contribution in [0.15, 0.2) is 0 Å². The maximum Gasteiger partial charge on any atom is 0.171 e. The summed E-state index contributed by atoms with van der Waals surface area (Å²) in [7, 11) is -0.791. The van der Waals surface area contributed by atoms with Gasteiger partial charge in [0.05, 0.1) is 5.60 Å². The average Bonchev–Trinajstić information content (AvgIpc) is 2.12. The molecule has 2 heteroatoms. The lowest BCUT2D eigenvalue weighted by Gasteiger charge is -2.26. The quantitative estimate of drug-likeness (QED) is 0.560. The van der Waals surface area contributed by atoms with E-state index in [4.69, 9.17) is 4.43 Å². The van der Waals surface area contributed by atoms with Crippen molar-refractivity contribution in [1.29, 1.82) is 0 Å². The molecule has 0 heterocycles. The van der Waals surface area contributed by atoms with E-state index >= 15 is 0 Å². The Morgan fingerprint density at radius 3 is 2.10 bits per heavy atom. The van der Waals surface area contributed by atoms with E-state index in [2.05, 4.69) is 20.0 Å². The van der Waals surface area contributed by atoms with Crippen LogP contribution in [-0.2, 0) is 4.43 Å². The molecule has 0 spiro atoms. The highest BCUT2D eigenvalue weighted by Gasteiger charge is 2.29. The van der Waals surface area contributed by atoms with Gasteiger partial charge in [-0.2, -0.15) is 0 Å². The van der Waals surface area contributed by atoms with Gasteiger partial charge in [-0.3, -0.25) is 0 Å². The number of rotatable bonds is 2. The lowest BCUT2D eigenvalue weighted by molar-refractivity contribution is 0.0969. The van der Waals surface area contributed by atoms with Crippen molar-refractivity contribution in [3.63, 3.8) is 0 Å². The summed E-state index contributed by atoms with van der Waals surface area (Å²) in [6.07, 6.45) is 5.33. The zero-order chi connectivity index (χ0) is 7.61. The molecule has 0 aliphatic heterocycles. The number of hydrogen-bond acceptors (Lipinski definition) is 1. The van der Waals surface area contributed by atoms with Crippen LogP contribution in [0.1, 0.15) is 32.6 Å². The van der Waals surface area contributed by atoms with E-state index in [9.17, 15) is 0 Å². The fourth-order valence-electron chi connectivity index (χ4n) is 1.81. The van der Waals surface area contributed by atoms with Gasteiger partial charge in [0.2, 0.25) is 0 Å². The predicted molar refractivity (Wildman–Crippen MR) is 46.8 cm³/mol. The van der Waals surface area contributed by atoms with Crippen molar-refractivity contribution in [1.82, 2.24) is 0 Å². The molecule has 0 saturated heterocycles. The standard InChI is InChI=1S/C8H18OSi/c1-8(9-10(2)3)6-4-5-7-8/h10H,4-7H2,1-3H3. The minimum Gasteiger partial charge on any atom is -0.415 e. The van der Waals surface area contributed by atoms with Gasteiger partial charge in [-0.05, 0) is 32.9 Å². The summed E-state index contributed by atoms with van der Waals surface area (Å²) in [6, 6.07) is 0. The van der Waals surface area contributed by atoms with E-state index in [0.717, 1.165) is 0 Å². The van der Waals surface area contributed by atoms with Crippen molar-refractivity contribution in [2.24, 2.45) is 0 Å². The second kappa shape index (κ2) is 3.05. The third-order valence-electron chi connectivity index (χ3n) is 2.18. The molecule has 1 aliphatic carbocycles. The zero-order valence-corrected chi connectivity index (χ0v) is 8.47. The maximum atomic E-state index is 5.94. The molecule has 0 aromatic carbocycles. The second-order valence-electron chi connectivity index (χ2n) is 3.82. The molecule has 0 atom stereocenters. The predicted octanol–water partition coefficient (Wildman–Crippen LogP) is 2.32. The van der Waals surface area contributed by atoms with Gasteiger partial charge in [0.25, 0.3) is 0 Å². The molecule has 0 N–H and O–H groups in total.